The number of rotatable bonds is 5. The quantitative estimate of drug-likeness (QED) is 0.679. The van der Waals surface area contributed by atoms with E-state index in [0.29, 0.717) is 6.04 Å². The molecule has 0 amide bonds. The van der Waals surface area contributed by atoms with Crippen LogP contribution in [0.2, 0.25) is 0 Å². The fourth-order valence-corrected chi connectivity index (χ4v) is 1.65. The third kappa shape index (κ3) is 2.74. The van der Waals surface area contributed by atoms with E-state index in [1.807, 2.05) is 10.9 Å². The van der Waals surface area contributed by atoms with Crippen molar-refractivity contribution in [2.45, 2.75) is 51.5 Å². The van der Waals surface area contributed by atoms with E-state index in [-0.39, 0.29) is 5.38 Å². The number of alkyl halides is 1. The molecular formula is C11H19ClN2. The molecule has 3 heteroatoms. The van der Waals surface area contributed by atoms with Crippen molar-refractivity contribution in [2.24, 2.45) is 0 Å². The normalized spacial score (nSPS) is 15.4. The van der Waals surface area contributed by atoms with Gasteiger partial charge in [-0.25, -0.2) is 0 Å². The van der Waals surface area contributed by atoms with Gasteiger partial charge in [0.05, 0.1) is 11.6 Å². The minimum Gasteiger partial charge on any atom is -0.270 e. The molecule has 1 rings (SSSR count). The van der Waals surface area contributed by atoms with E-state index in [9.17, 15) is 0 Å². The molecule has 80 valence electrons. The molecule has 0 aliphatic carbocycles. The highest BCUT2D eigenvalue weighted by Gasteiger charge is 2.10. The van der Waals surface area contributed by atoms with Crippen molar-refractivity contribution < 1.29 is 0 Å². The van der Waals surface area contributed by atoms with Gasteiger partial charge in [0.15, 0.2) is 0 Å². The van der Waals surface area contributed by atoms with E-state index in [2.05, 4.69) is 32.1 Å². The zero-order valence-electron chi connectivity index (χ0n) is 9.20. The minimum absolute atomic E-state index is 0.109. The van der Waals surface area contributed by atoms with Gasteiger partial charge in [-0.1, -0.05) is 20.3 Å². The third-order valence-corrected chi connectivity index (χ3v) is 3.06. The van der Waals surface area contributed by atoms with E-state index < -0.39 is 0 Å². The van der Waals surface area contributed by atoms with Gasteiger partial charge in [0.1, 0.15) is 0 Å². The smallest absolute Gasteiger partial charge is 0.0613 e. The Morgan fingerprint density at radius 1 is 1.50 bits per heavy atom. The van der Waals surface area contributed by atoms with Crippen molar-refractivity contribution in [3.8, 4) is 0 Å². The van der Waals surface area contributed by atoms with Crippen LogP contribution >= 0.6 is 11.6 Å². The summed E-state index contributed by atoms with van der Waals surface area (Å²) in [6.45, 7) is 6.47. The van der Waals surface area contributed by atoms with Gasteiger partial charge in [-0.3, -0.25) is 4.68 Å². The van der Waals surface area contributed by atoms with Crippen LogP contribution in [0, 0.1) is 0 Å². The number of nitrogens with zero attached hydrogens (tertiary/aromatic N) is 2. The summed E-state index contributed by atoms with van der Waals surface area (Å²) in [6.07, 6.45) is 7.26. The SMILES string of the molecule is CCCC(C)n1cc(C(Cl)CC)cn1. The molecule has 0 aliphatic heterocycles. The summed E-state index contributed by atoms with van der Waals surface area (Å²) in [5.74, 6) is 0. The molecule has 1 heterocycles. The molecule has 0 N–H and O–H groups in total. The molecule has 0 radical (unpaired) electrons. The lowest BCUT2D eigenvalue weighted by molar-refractivity contribution is 0.454. The molecule has 0 aromatic carbocycles. The summed E-state index contributed by atoms with van der Waals surface area (Å²) < 4.78 is 2.02. The van der Waals surface area contributed by atoms with Gasteiger partial charge < -0.3 is 0 Å². The van der Waals surface area contributed by atoms with Crippen LogP contribution in [0.3, 0.4) is 0 Å². The van der Waals surface area contributed by atoms with Crippen molar-refractivity contribution >= 4 is 11.6 Å². The fraction of sp³-hybridized carbons (Fsp3) is 0.727. The average Bonchev–Trinajstić information content (AvgIpc) is 2.66. The van der Waals surface area contributed by atoms with Crippen LogP contribution in [-0.4, -0.2) is 9.78 Å². The van der Waals surface area contributed by atoms with Gasteiger partial charge in [0.25, 0.3) is 0 Å². The first kappa shape index (κ1) is 11.6. The fourth-order valence-electron chi connectivity index (χ4n) is 1.54. The second kappa shape index (κ2) is 5.40. The van der Waals surface area contributed by atoms with E-state index in [4.69, 9.17) is 11.6 Å². The second-order valence-corrected chi connectivity index (χ2v) is 4.29. The first-order chi connectivity index (χ1) is 6.69. The highest BCUT2D eigenvalue weighted by atomic mass is 35.5. The molecule has 2 nitrogen and oxygen atoms in total. The third-order valence-electron chi connectivity index (χ3n) is 2.50. The Kier molecular flexibility index (Phi) is 4.46. The zero-order valence-corrected chi connectivity index (χ0v) is 9.96. The Morgan fingerprint density at radius 2 is 2.21 bits per heavy atom. The van der Waals surface area contributed by atoms with Crippen LogP contribution < -0.4 is 0 Å². The van der Waals surface area contributed by atoms with Crippen LogP contribution in [0.4, 0.5) is 0 Å². The summed E-state index contributed by atoms with van der Waals surface area (Å²) in [7, 11) is 0. The van der Waals surface area contributed by atoms with Crippen molar-refractivity contribution in [2.75, 3.05) is 0 Å². The number of hydrogen-bond acceptors (Lipinski definition) is 1. The molecule has 0 bridgehead atoms. The summed E-state index contributed by atoms with van der Waals surface area (Å²) in [4.78, 5) is 0. The second-order valence-electron chi connectivity index (χ2n) is 3.77. The van der Waals surface area contributed by atoms with E-state index in [1.54, 1.807) is 0 Å². The molecular weight excluding hydrogens is 196 g/mol. The summed E-state index contributed by atoms with van der Waals surface area (Å²) in [6, 6.07) is 0.481. The highest BCUT2D eigenvalue weighted by Crippen LogP contribution is 2.24. The summed E-state index contributed by atoms with van der Waals surface area (Å²) >= 11 is 6.13. The molecule has 2 atom stereocenters. The maximum absolute atomic E-state index is 6.13. The number of halogens is 1. The molecule has 2 unspecified atom stereocenters. The van der Waals surface area contributed by atoms with Crippen LogP contribution in [0.5, 0.6) is 0 Å². The van der Waals surface area contributed by atoms with Crippen molar-refractivity contribution in [1.82, 2.24) is 9.78 Å². The van der Waals surface area contributed by atoms with Gasteiger partial charge >= 0.3 is 0 Å². The summed E-state index contributed by atoms with van der Waals surface area (Å²) in [5.41, 5.74) is 1.14. The Bertz CT molecular complexity index is 270. The Balaban J connectivity index is 2.67. The van der Waals surface area contributed by atoms with Gasteiger partial charge in [0, 0.05) is 17.8 Å². The number of aromatic nitrogens is 2. The average molecular weight is 215 g/mol. The first-order valence-electron chi connectivity index (χ1n) is 5.37. The van der Waals surface area contributed by atoms with Crippen LogP contribution in [0.15, 0.2) is 12.4 Å². The molecule has 0 saturated carbocycles. The van der Waals surface area contributed by atoms with Gasteiger partial charge in [-0.2, -0.15) is 5.10 Å². The van der Waals surface area contributed by atoms with Gasteiger partial charge in [-0.15, -0.1) is 11.6 Å². The van der Waals surface area contributed by atoms with E-state index >= 15 is 0 Å². The Hall–Kier alpha value is -0.500. The summed E-state index contributed by atoms with van der Waals surface area (Å²) in [5, 5.41) is 4.44. The molecule has 0 fully saturated rings. The zero-order chi connectivity index (χ0) is 10.6. The number of hydrogen-bond donors (Lipinski definition) is 0. The van der Waals surface area contributed by atoms with Crippen LogP contribution in [0.25, 0.3) is 0 Å². The lowest BCUT2D eigenvalue weighted by Crippen LogP contribution is -2.04. The molecule has 0 saturated heterocycles. The van der Waals surface area contributed by atoms with Crippen LogP contribution in [0.1, 0.15) is 57.0 Å². The maximum Gasteiger partial charge on any atom is 0.0613 e. The van der Waals surface area contributed by atoms with E-state index in [0.717, 1.165) is 12.0 Å². The standard InChI is InChI=1S/C11H19ClN2/c1-4-6-9(3)14-8-10(7-13-14)11(12)5-2/h7-9,11H,4-6H2,1-3H3. The predicted molar refractivity (Wildman–Crippen MR) is 60.7 cm³/mol. The first-order valence-corrected chi connectivity index (χ1v) is 5.80. The monoisotopic (exact) mass is 214 g/mol. The molecule has 14 heavy (non-hydrogen) atoms. The van der Waals surface area contributed by atoms with Crippen molar-refractivity contribution in [3.05, 3.63) is 18.0 Å². The lowest BCUT2D eigenvalue weighted by Gasteiger charge is -2.10. The van der Waals surface area contributed by atoms with E-state index in [1.165, 1.54) is 12.8 Å². The molecule has 0 spiro atoms. The molecule has 0 aliphatic rings. The predicted octanol–water partition coefficient (Wildman–Crippen LogP) is 3.93. The van der Waals surface area contributed by atoms with Crippen molar-refractivity contribution in [1.29, 1.82) is 0 Å². The van der Waals surface area contributed by atoms with Gasteiger partial charge in [0.2, 0.25) is 0 Å². The Morgan fingerprint density at radius 3 is 2.79 bits per heavy atom. The lowest BCUT2D eigenvalue weighted by atomic mass is 10.2. The minimum atomic E-state index is 0.109. The van der Waals surface area contributed by atoms with Crippen LogP contribution in [-0.2, 0) is 0 Å². The van der Waals surface area contributed by atoms with Gasteiger partial charge in [-0.05, 0) is 19.8 Å². The highest BCUT2D eigenvalue weighted by molar-refractivity contribution is 6.20. The molecule has 1 aromatic heterocycles. The maximum atomic E-state index is 6.13. The largest absolute Gasteiger partial charge is 0.270 e. The molecule has 1 aromatic rings. The van der Waals surface area contributed by atoms with Crippen molar-refractivity contribution in [3.63, 3.8) is 0 Å². The Labute approximate surface area is 91.3 Å². The topological polar surface area (TPSA) is 17.8 Å².